The van der Waals surface area contributed by atoms with Gasteiger partial charge in [0.25, 0.3) is 0 Å². The molecule has 0 radical (unpaired) electrons. The quantitative estimate of drug-likeness (QED) is 0.519. The topological polar surface area (TPSA) is 74.0 Å². The van der Waals surface area contributed by atoms with Crippen molar-refractivity contribution in [3.05, 3.63) is 29.3 Å². The number of hydrogen-bond acceptors (Lipinski definition) is 7. The van der Waals surface area contributed by atoms with E-state index in [1.165, 1.54) is 11.5 Å². The van der Waals surface area contributed by atoms with Gasteiger partial charge in [-0.2, -0.15) is 4.37 Å². The standard InChI is InChI=1S/C17H24N8S2/c1-3-14-21-17(27-22-14)24-7-5-23(6-8-24)15(18-4-2)19-11-13-12-25-9-10-26-16(25)20-13/h9-10,12H,3-8,11H2,1-2H3,(H,18,19). The van der Waals surface area contributed by atoms with Gasteiger partial charge in [0.1, 0.15) is 5.82 Å². The molecule has 0 aliphatic carbocycles. The van der Waals surface area contributed by atoms with Crippen LogP contribution in [-0.2, 0) is 13.0 Å². The molecule has 8 nitrogen and oxygen atoms in total. The van der Waals surface area contributed by atoms with Gasteiger partial charge >= 0.3 is 0 Å². The Morgan fingerprint density at radius 2 is 2.07 bits per heavy atom. The number of thiazole rings is 1. The third kappa shape index (κ3) is 4.06. The zero-order chi connectivity index (χ0) is 18.6. The lowest BCUT2D eigenvalue weighted by Gasteiger charge is -2.36. The second-order valence-corrected chi connectivity index (χ2v) is 7.92. The second-order valence-electron chi connectivity index (χ2n) is 6.32. The van der Waals surface area contributed by atoms with E-state index in [1.54, 1.807) is 11.3 Å². The van der Waals surface area contributed by atoms with Gasteiger partial charge in [0.15, 0.2) is 10.9 Å². The predicted octanol–water partition coefficient (Wildman–Crippen LogP) is 2.10. The summed E-state index contributed by atoms with van der Waals surface area (Å²) in [5.41, 5.74) is 0.997. The number of imidazole rings is 1. The molecule has 3 aromatic heterocycles. The highest BCUT2D eigenvalue weighted by atomic mass is 32.1. The maximum atomic E-state index is 4.81. The van der Waals surface area contributed by atoms with Crippen molar-refractivity contribution in [2.24, 2.45) is 4.99 Å². The van der Waals surface area contributed by atoms with Gasteiger partial charge in [-0.15, -0.1) is 11.3 Å². The number of fused-ring (bicyclic) bond motifs is 1. The fourth-order valence-electron chi connectivity index (χ4n) is 3.06. The van der Waals surface area contributed by atoms with Gasteiger partial charge in [-0.1, -0.05) is 6.92 Å². The largest absolute Gasteiger partial charge is 0.357 e. The van der Waals surface area contributed by atoms with E-state index in [9.17, 15) is 0 Å². The number of rotatable bonds is 5. The number of aryl methyl sites for hydroxylation is 1. The molecule has 1 N–H and O–H groups in total. The van der Waals surface area contributed by atoms with Crippen LogP contribution in [0.2, 0.25) is 0 Å². The maximum Gasteiger partial charge on any atom is 0.205 e. The molecule has 0 spiro atoms. The zero-order valence-electron chi connectivity index (χ0n) is 15.6. The van der Waals surface area contributed by atoms with Gasteiger partial charge in [0.2, 0.25) is 5.13 Å². The van der Waals surface area contributed by atoms with Crippen LogP contribution in [0.1, 0.15) is 25.4 Å². The normalized spacial score (nSPS) is 15.7. The third-order valence-electron chi connectivity index (χ3n) is 4.49. The Labute approximate surface area is 166 Å². The first-order valence-electron chi connectivity index (χ1n) is 9.28. The number of nitrogens with zero attached hydrogens (tertiary/aromatic N) is 7. The fraction of sp³-hybridized carbons (Fsp3) is 0.529. The first-order chi connectivity index (χ1) is 13.3. The van der Waals surface area contributed by atoms with Crippen molar-refractivity contribution >= 4 is 38.9 Å². The molecule has 0 saturated carbocycles. The molecule has 27 heavy (non-hydrogen) atoms. The van der Waals surface area contributed by atoms with Gasteiger partial charge in [-0.3, -0.25) is 4.40 Å². The summed E-state index contributed by atoms with van der Waals surface area (Å²) in [6.45, 7) is 9.35. The van der Waals surface area contributed by atoms with Gasteiger partial charge < -0.3 is 15.1 Å². The van der Waals surface area contributed by atoms with Crippen LogP contribution in [0.15, 0.2) is 22.8 Å². The summed E-state index contributed by atoms with van der Waals surface area (Å²) < 4.78 is 6.45. The minimum Gasteiger partial charge on any atom is -0.357 e. The van der Waals surface area contributed by atoms with Crippen molar-refractivity contribution in [3.63, 3.8) is 0 Å². The smallest absolute Gasteiger partial charge is 0.205 e. The molecule has 0 atom stereocenters. The lowest BCUT2D eigenvalue weighted by Crippen LogP contribution is -2.52. The highest BCUT2D eigenvalue weighted by molar-refractivity contribution is 7.15. The number of piperazine rings is 1. The van der Waals surface area contributed by atoms with Crippen LogP contribution in [0.5, 0.6) is 0 Å². The van der Waals surface area contributed by atoms with Crippen LogP contribution in [0.25, 0.3) is 4.96 Å². The summed E-state index contributed by atoms with van der Waals surface area (Å²) in [7, 11) is 0. The lowest BCUT2D eigenvalue weighted by molar-refractivity contribution is 0.372. The van der Waals surface area contributed by atoms with Crippen LogP contribution in [0.3, 0.4) is 0 Å². The number of hydrogen-bond donors (Lipinski definition) is 1. The highest BCUT2D eigenvalue weighted by Crippen LogP contribution is 2.19. The fourth-order valence-corrected chi connectivity index (χ4v) is 4.58. The van der Waals surface area contributed by atoms with Gasteiger partial charge in [-0.05, 0) is 6.92 Å². The summed E-state index contributed by atoms with van der Waals surface area (Å²) in [6, 6.07) is 0. The number of aliphatic imine (C=N–C) groups is 1. The number of aromatic nitrogens is 4. The maximum absolute atomic E-state index is 4.81. The van der Waals surface area contributed by atoms with E-state index in [-0.39, 0.29) is 0 Å². The molecule has 144 valence electrons. The molecule has 1 aliphatic rings. The molecule has 4 rings (SSSR count). The molecule has 1 fully saturated rings. The van der Waals surface area contributed by atoms with E-state index in [1.807, 2.05) is 16.0 Å². The Balaban J connectivity index is 1.39. The molecule has 0 aromatic carbocycles. The average molecular weight is 405 g/mol. The van der Waals surface area contributed by atoms with E-state index in [0.717, 1.165) is 66.7 Å². The SMILES string of the molecule is CCNC(=NCc1cn2ccsc2n1)N1CCN(c2nc(CC)ns2)CC1. The van der Waals surface area contributed by atoms with Crippen molar-refractivity contribution in [1.29, 1.82) is 0 Å². The summed E-state index contributed by atoms with van der Waals surface area (Å²) in [4.78, 5) is 19.7. The predicted molar refractivity (Wildman–Crippen MR) is 111 cm³/mol. The van der Waals surface area contributed by atoms with Crippen molar-refractivity contribution in [1.82, 2.24) is 29.0 Å². The molecule has 0 unspecified atom stereocenters. The van der Waals surface area contributed by atoms with Crippen LogP contribution in [-0.4, -0.2) is 62.3 Å². The molecule has 1 aliphatic heterocycles. The number of guanidine groups is 1. The second kappa shape index (κ2) is 8.22. The van der Waals surface area contributed by atoms with E-state index in [4.69, 9.17) is 4.99 Å². The van der Waals surface area contributed by atoms with E-state index in [0.29, 0.717) is 6.54 Å². The lowest BCUT2D eigenvalue weighted by atomic mass is 10.3. The van der Waals surface area contributed by atoms with E-state index < -0.39 is 0 Å². The van der Waals surface area contributed by atoms with Gasteiger partial charge in [-0.25, -0.2) is 15.0 Å². The first kappa shape index (κ1) is 18.2. The van der Waals surface area contributed by atoms with Crippen molar-refractivity contribution in [2.45, 2.75) is 26.8 Å². The molecule has 1 saturated heterocycles. The van der Waals surface area contributed by atoms with E-state index >= 15 is 0 Å². The minimum absolute atomic E-state index is 0.590. The third-order valence-corrected chi connectivity index (χ3v) is 6.08. The Morgan fingerprint density at radius 1 is 1.22 bits per heavy atom. The van der Waals surface area contributed by atoms with Crippen LogP contribution >= 0.6 is 22.9 Å². The summed E-state index contributed by atoms with van der Waals surface area (Å²) in [5.74, 6) is 1.90. The van der Waals surface area contributed by atoms with Crippen molar-refractivity contribution in [3.8, 4) is 0 Å². The van der Waals surface area contributed by atoms with E-state index in [2.05, 4.69) is 49.5 Å². The highest BCUT2D eigenvalue weighted by Gasteiger charge is 2.22. The minimum atomic E-state index is 0.590. The zero-order valence-corrected chi connectivity index (χ0v) is 17.3. The molecular weight excluding hydrogens is 380 g/mol. The Bertz CT molecular complexity index is 874. The van der Waals surface area contributed by atoms with Crippen molar-refractivity contribution < 1.29 is 0 Å². The molecule has 0 bridgehead atoms. The summed E-state index contributed by atoms with van der Waals surface area (Å²) in [6.07, 6.45) is 4.97. The number of anilines is 1. The van der Waals surface area contributed by atoms with Crippen LogP contribution in [0.4, 0.5) is 5.13 Å². The number of nitrogens with one attached hydrogen (secondary N) is 1. The molecule has 0 amide bonds. The van der Waals surface area contributed by atoms with Crippen molar-refractivity contribution in [2.75, 3.05) is 37.6 Å². The summed E-state index contributed by atoms with van der Waals surface area (Å²) in [5, 5.41) is 6.49. The first-order valence-corrected chi connectivity index (χ1v) is 10.9. The van der Waals surface area contributed by atoms with Crippen LogP contribution < -0.4 is 10.2 Å². The van der Waals surface area contributed by atoms with Gasteiger partial charge in [0.05, 0.1) is 12.2 Å². The van der Waals surface area contributed by atoms with Crippen LogP contribution in [0, 0.1) is 0 Å². The molecule has 10 heteroatoms. The monoisotopic (exact) mass is 404 g/mol. The summed E-state index contributed by atoms with van der Waals surface area (Å²) >= 11 is 3.15. The molecule has 4 heterocycles. The molecular formula is C17H24N8S2. The Hall–Kier alpha value is -2.20. The Morgan fingerprint density at radius 3 is 2.78 bits per heavy atom. The average Bonchev–Trinajstić information content (AvgIpc) is 3.41. The van der Waals surface area contributed by atoms with Gasteiger partial charge in [0, 0.05) is 68.5 Å². The molecule has 3 aromatic rings. The Kier molecular flexibility index (Phi) is 5.53.